The minimum absolute atomic E-state index is 1.23. The van der Waals surface area contributed by atoms with Gasteiger partial charge in [0.2, 0.25) is 0 Å². The molecule has 0 atom stereocenters. The van der Waals surface area contributed by atoms with E-state index in [1.807, 2.05) is 0 Å². The van der Waals surface area contributed by atoms with Gasteiger partial charge in [0.1, 0.15) is 0 Å². The second-order valence-corrected chi connectivity index (χ2v) is 12.6. The van der Waals surface area contributed by atoms with Crippen LogP contribution in [0.1, 0.15) is 40.5 Å². The fourth-order valence-corrected chi connectivity index (χ4v) is 7.27. The molecule has 0 aliphatic carbocycles. The first kappa shape index (κ1) is 12.7. The van der Waals surface area contributed by atoms with E-state index in [0.717, 1.165) is 0 Å². The Labute approximate surface area is 82.8 Å². The van der Waals surface area contributed by atoms with Crippen LogP contribution in [-0.2, 0) is 0 Å². The topological polar surface area (TPSA) is 0 Å². The summed E-state index contributed by atoms with van der Waals surface area (Å²) in [6, 6.07) is 0. The molecule has 0 aromatic carbocycles. The summed E-state index contributed by atoms with van der Waals surface area (Å²) in [6.45, 7) is 9.06. The van der Waals surface area contributed by atoms with Crippen molar-refractivity contribution in [3.8, 4) is 0 Å². The summed E-state index contributed by atoms with van der Waals surface area (Å²) in [5, 5.41) is 0. The molecule has 0 radical (unpaired) electrons. The first-order valence-corrected chi connectivity index (χ1v) is 9.14. The summed E-state index contributed by atoms with van der Waals surface area (Å²) >= 11 is 6.90. The molecule has 0 saturated heterocycles. The Hall–Kier alpha value is 0.720. The molecule has 0 aromatic rings. The molecular formula is C10H24ClP. The number of hydrogen-bond donors (Lipinski definition) is 0. The molecular weight excluding hydrogens is 187 g/mol. The molecule has 0 amide bonds. The van der Waals surface area contributed by atoms with Gasteiger partial charge in [-0.25, -0.2) is 0 Å². The van der Waals surface area contributed by atoms with E-state index >= 15 is 0 Å². The van der Waals surface area contributed by atoms with Crippen LogP contribution in [0.15, 0.2) is 0 Å². The second kappa shape index (κ2) is 4.82. The van der Waals surface area contributed by atoms with Gasteiger partial charge in [-0.15, -0.1) is 0 Å². The summed E-state index contributed by atoms with van der Waals surface area (Å²) in [5.41, 5.74) is 0. The Balaban J connectivity index is 4.50. The SMILES string of the molecule is CCCP(Cl)(CC)(CC)CCC. The van der Waals surface area contributed by atoms with Gasteiger partial charge in [-0.3, -0.25) is 0 Å². The molecule has 76 valence electrons. The van der Waals surface area contributed by atoms with Gasteiger partial charge in [0.15, 0.2) is 0 Å². The molecule has 0 nitrogen and oxygen atoms in total. The molecule has 0 spiro atoms. The van der Waals surface area contributed by atoms with Crippen molar-refractivity contribution in [2.45, 2.75) is 40.5 Å². The average molecular weight is 211 g/mol. The van der Waals surface area contributed by atoms with Gasteiger partial charge in [0, 0.05) is 0 Å². The van der Waals surface area contributed by atoms with Gasteiger partial charge in [-0.1, -0.05) is 0 Å². The maximum atomic E-state index is 6.90. The fraction of sp³-hybridized carbons (Fsp3) is 1.00. The van der Waals surface area contributed by atoms with Crippen LogP contribution in [0.25, 0.3) is 0 Å². The van der Waals surface area contributed by atoms with Gasteiger partial charge in [-0.2, -0.15) is 0 Å². The number of rotatable bonds is 6. The Morgan fingerprint density at radius 3 is 1.33 bits per heavy atom. The zero-order valence-corrected chi connectivity index (χ0v) is 10.7. The van der Waals surface area contributed by atoms with E-state index in [0.29, 0.717) is 0 Å². The molecule has 0 aliphatic rings. The predicted octanol–water partition coefficient (Wildman–Crippen LogP) is 4.55. The summed E-state index contributed by atoms with van der Waals surface area (Å²) in [6.07, 6.45) is 7.53. The Morgan fingerprint density at radius 2 is 1.17 bits per heavy atom. The zero-order chi connectivity index (χ0) is 9.69. The summed E-state index contributed by atoms with van der Waals surface area (Å²) in [7, 11) is 0. The number of halogens is 1. The standard InChI is InChI=1S/C10H24ClP/c1-5-9-12(11,7-3,8-4)10-6-2/h5-10H2,1-4H3. The molecule has 0 heterocycles. The maximum absolute atomic E-state index is 6.90. The molecule has 0 aromatic heterocycles. The first-order valence-electron chi connectivity index (χ1n) is 5.26. The van der Waals surface area contributed by atoms with Crippen molar-refractivity contribution in [1.82, 2.24) is 0 Å². The van der Waals surface area contributed by atoms with Crippen LogP contribution >= 0.6 is 17.2 Å². The van der Waals surface area contributed by atoms with Crippen LogP contribution < -0.4 is 0 Å². The normalized spacial score (nSPS) is 15.6. The third-order valence-corrected chi connectivity index (χ3v) is 11.9. The monoisotopic (exact) mass is 210 g/mol. The average Bonchev–Trinajstić information content (AvgIpc) is 2.06. The molecule has 0 rings (SSSR count). The molecule has 0 aliphatic heterocycles. The van der Waals surface area contributed by atoms with Crippen LogP contribution in [0.3, 0.4) is 0 Å². The Morgan fingerprint density at radius 1 is 0.833 bits per heavy atom. The van der Waals surface area contributed by atoms with E-state index in [4.69, 9.17) is 11.2 Å². The van der Waals surface area contributed by atoms with Gasteiger partial charge in [-0.05, 0) is 0 Å². The van der Waals surface area contributed by atoms with Crippen molar-refractivity contribution in [3.05, 3.63) is 0 Å². The quantitative estimate of drug-likeness (QED) is 0.564. The molecule has 0 saturated carbocycles. The molecule has 0 fully saturated rings. The van der Waals surface area contributed by atoms with Gasteiger partial charge in [0.25, 0.3) is 0 Å². The third-order valence-electron chi connectivity index (χ3n) is 3.15. The zero-order valence-electron chi connectivity index (χ0n) is 9.07. The van der Waals surface area contributed by atoms with Crippen LogP contribution in [-0.4, -0.2) is 24.6 Å². The summed E-state index contributed by atoms with van der Waals surface area (Å²) in [5.74, 6) is -1.74. The van der Waals surface area contributed by atoms with Crippen molar-refractivity contribution in [1.29, 1.82) is 0 Å². The molecule has 12 heavy (non-hydrogen) atoms. The molecule has 0 bridgehead atoms. The van der Waals surface area contributed by atoms with Gasteiger partial charge < -0.3 is 0 Å². The van der Waals surface area contributed by atoms with E-state index in [9.17, 15) is 0 Å². The van der Waals surface area contributed by atoms with E-state index in [-0.39, 0.29) is 0 Å². The molecule has 2 heteroatoms. The molecule has 0 N–H and O–H groups in total. The van der Waals surface area contributed by atoms with Crippen molar-refractivity contribution >= 4 is 17.2 Å². The third kappa shape index (κ3) is 2.89. The summed E-state index contributed by atoms with van der Waals surface area (Å²) in [4.78, 5) is 0. The van der Waals surface area contributed by atoms with Gasteiger partial charge >= 0.3 is 82.4 Å². The second-order valence-electron chi connectivity index (χ2n) is 3.90. The van der Waals surface area contributed by atoms with Crippen molar-refractivity contribution in [2.75, 3.05) is 24.6 Å². The van der Waals surface area contributed by atoms with Gasteiger partial charge in [0.05, 0.1) is 0 Å². The van der Waals surface area contributed by atoms with Crippen LogP contribution in [0.2, 0.25) is 0 Å². The van der Waals surface area contributed by atoms with Crippen LogP contribution in [0, 0.1) is 0 Å². The summed E-state index contributed by atoms with van der Waals surface area (Å²) < 4.78 is 0. The van der Waals surface area contributed by atoms with Crippen molar-refractivity contribution < 1.29 is 0 Å². The Kier molecular flexibility index (Phi) is 5.11. The van der Waals surface area contributed by atoms with Crippen molar-refractivity contribution in [2.24, 2.45) is 0 Å². The van der Waals surface area contributed by atoms with Crippen molar-refractivity contribution in [3.63, 3.8) is 0 Å². The van der Waals surface area contributed by atoms with E-state index in [1.54, 1.807) is 0 Å². The van der Waals surface area contributed by atoms with Crippen LogP contribution in [0.4, 0.5) is 0 Å². The van der Waals surface area contributed by atoms with Crippen LogP contribution in [0.5, 0.6) is 0 Å². The Bertz CT molecular complexity index is 120. The fourth-order valence-electron chi connectivity index (χ4n) is 2.09. The first-order chi connectivity index (χ1) is 5.54. The van der Waals surface area contributed by atoms with E-state index < -0.39 is 5.96 Å². The number of hydrogen-bond acceptors (Lipinski definition) is 0. The van der Waals surface area contributed by atoms with E-state index in [1.165, 1.54) is 37.5 Å². The van der Waals surface area contributed by atoms with E-state index in [2.05, 4.69) is 27.7 Å². The minimum atomic E-state index is -1.74. The molecule has 0 unspecified atom stereocenters. The predicted molar refractivity (Wildman–Crippen MR) is 64.2 cm³/mol.